The quantitative estimate of drug-likeness (QED) is 0.946. The highest BCUT2D eigenvalue weighted by Gasteiger charge is 2.26. The van der Waals surface area contributed by atoms with E-state index in [0.717, 1.165) is 16.7 Å². The van der Waals surface area contributed by atoms with E-state index >= 15 is 0 Å². The number of Topliss-reactive ketones (excluding diaryl/α,β-unsaturated/α-hetero) is 1. The minimum atomic E-state index is -0.485. The molecule has 0 aliphatic heterocycles. The fourth-order valence-electron chi connectivity index (χ4n) is 2.68. The Hall–Kier alpha value is -2.62. The van der Waals surface area contributed by atoms with Crippen molar-refractivity contribution in [2.24, 2.45) is 0 Å². The molecule has 112 valence electrons. The Morgan fingerprint density at radius 2 is 1.77 bits per heavy atom. The third-order valence-electron chi connectivity index (χ3n) is 3.75. The number of amides is 1. The van der Waals surface area contributed by atoms with Gasteiger partial charge in [-0.05, 0) is 17.5 Å². The molecule has 4 heteroatoms. The van der Waals surface area contributed by atoms with Crippen LogP contribution in [0.2, 0.25) is 0 Å². The van der Waals surface area contributed by atoms with E-state index in [1.165, 1.54) is 0 Å². The molecule has 3 rings (SSSR count). The van der Waals surface area contributed by atoms with E-state index in [1.807, 2.05) is 54.6 Å². The molecular formula is C18H17NO3. The van der Waals surface area contributed by atoms with Crippen LogP contribution in [0.1, 0.15) is 27.9 Å². The molecule has 0 saturated heterocycles. The van der Waals surface area contributed by atoms with Crippen molar-refractivity contribution >= 4 is 11.9 Å². The van der Waals surface area contributed by atoms with Gasteiger partial charge >= 0.3 is 6.09 Å². The monoisotopic (exact) mass is 295 g/mol. The van der Waals surface area contributed by atoms with Gasteiger partial charge in [0.05, 0.1) is 0 Å². The summed E-state index contributed by atoms with van der Waals surface area (Å²) in [5.41, 5.74) is 2.67. The van der Waals surface area contributed by atoms with Crippen molar-refractivity contribution in [3.8, 4) is 0 Å². The number of hydrogen-bond donors (Lipinski definition) is 1. The van der Waals surface area contributed by atoms with E-state index in [2.05, 4.69) is 5.32 Å². The molecule has 0 spiro atoms. The highest BCUT2D eigenvalue weighted by molar-refractivity contribution is 5.99. The number of nitrogens with one attached hydrogen (secondary N) is 1. The zero-order valence-electron chi connectivity index (χ0n) is 12.1. The van der Waals surface area contributed by atoms with Crippen LogP contribution in [-0.4, -0.2) is 17.9 Å². The molecule has 1 amide bonds. The third-order valence-corrected chi connectivity index (χ3v) is 3.75. The fourth-order valence-corrected chi connectivity index (χ4v) is 2.68. The first-order valence-corrected chi connectivity index (χ1v) is 7.30. The molecule has 1 N–H and O–H groups in total. The molecule has 4 nitrogen and oxygen atoms in total. The lowest BCUT2D eigenvalue weighted by Gasteiger charge is -2.24. The standard InChI is InChI=1S/C18H17NO3/c20-17-11-15(10-14-8-4-5-9-16(14)17)19-18(21)22-12-13-6-2-1-3-7-13/h1-9,15H,10-12H2,(H,19,21). The fraction of sp³-hybridized carbons (Fsp3) is 0.222. The molecule has 2 aromatic rings. The van der Waals surface area contributed by atoms with E-state index in [1.54, 1.807) is 0 Å². The van der Waals surface area contributed by atoms with Crippen LogP contribution in [0.4, 0.5) is 4.79 Å². The van der Waals surface area contributed by atoms with E-state index in [4.69, 9.17) is 4.74 Å². The summed E-state index contributed by atoms with van der Waals surface area (Å²) in [7, 11) is 0. The van der Waals surface area contributed by atoms with Crippen molar-refractivity contribution in [2.75, 3.05) is 0 Å². The minimum Gasteiger partial charge on any atom is -0.445 e. The molecule has 0 saturated carbocycles. The number of hydrogen-bond acceptors (Lipinski definition) is 3. The Kier molecular flexibility index (Phi) is 4.19. The van der Waals surface area contributed by atoms with Gasteiger partial charge in [0, 0.05) is 18.0 Å². The van der Waals surface area contributed by atoms with Gasteiger partial charge in [0.1, 0.15) is 6.61 Å². The second-order valence-electron chi connectivity index (χ2n) is 5.39. The number of fused-ring (bicyclic) bond motifs is 1. The Labute approximate surface area is 129 Å². The number of benzene rings is 2. The van der Waals surface area contributed by atoms with Crippen LogP contribution in [0.5, 0.6) is 0 Å². The van der Waals surface area contributed by atoms with Crippen LogP contribution in [0.15, 0.2) is 54.6 Å². The smallest absolute Gasteiger partial charge is 0.407 e. The highest BCUT2D eigenvalue weighted by atomic mass is 16.5. The van der Waals surface area contributed by atoms with Gasteiger partial charge in [-0.2, -0.15) is 0 Å². The van der Waals surface area contributed by atoms with Gasteiger partial charge in [-0.15, -0.1) is 0 Å². The van der Waals surface area contributed by atoms with Crippen LogP contribution >= 0.6 is 0 Å². The first kappa shape index (κ1) is 14.3. The molecule has 0 radical (unpaired) electrons. The van der Waals surface area contributed by atoms with Crippen LogP contribution in [0.3, 0.4) is 0 Å². The minimum absolute atomic E-state index is 0.0650. The van der Waals surface area contributed by atoms with Crippen LogP contribution in [0, 0.1) is 0 Å². The number of alkyl carbamates (subject to hydrolysis) is 1. The van der Waals surface area contributed by atoms with Gasteiger partial charge in [-0.3, -0.25) is 4.79 Å². The van der Waals surface area contributed by atoms with Crippen LogP contribution < -0.4 is 5.32 Å². The first-order valence-electron chi connectivity index (χ1n) is 7.30. The maximum atomic E-state index is 12.1. The Morgan fingerprint density at radius 3 is 2.59 bits per heavy atom. The molecule has 0 heterocycles. The average molecular weight is 295 g/mol. The molecule has 0 aromatic heterocycles. The number of ether oxygens (including phenoxy) is 1. The van der Waals surface area contributed by atoms with Gasteiger partial charge in [-0.25, -0.2) is 4.79 Å². The lowest BCUT2D eigenvalue weighted by Crippen LogP contribution is -2.40. The van der Waals surface area contributed by atoms with Gasteiger partial charge in [0.2, 0.25) is 0 Å². The Balaban J connectivity index is 1.56. The van der Waals surface area contributed by atoms with E-state index in [0.29, 0.717) is 12.8 Å². The summed E-state index contributed by atoms with van der Waals surface area (Å²) in [6, 6.07) is 16.8. The predicted molar refractivity (Wildman–Crippen MR) is 82.6 cm³/mol. The molecule has 1 aliphatic rings. The summed E-state index contributed by atoms with van der Waals surface area (Å²) in [4.78, 5) is 23.9. The van der Waals surface area contributed by atoms with Crippen molar-refractivity contribution in [1.29, 1.82) is 0 Å². The second-order valence-corrected chi connectivity index (χ2v) is 5.39. The summed E-state index contributed by atoms with van der Waals surface area (Å²) < 4.78 is 5.19. The summed E-state index contributed by atoms with van der Waals surface area (Å²) >= 11 is 0. The van der Waals surface area contributed by atoms with Crippen molar-refractivity contribution in [3.05, 3.63) is 71.3 Å². The molecule has 0 fully saturated rings. The maximum Gasteiger partial charge on any atom is 0.407 e. The van der Waals surface area contributed by atoms with E-state index in [-0.39, 0.29) is 18.4 Å². The number of carbonyl (C=O) groups excluding carboxylic acids is 2. The van der Waals surface area contributed by atoms with Gasteiger partial charge in [0.15, 0.2) is 5.78 Å². The van der Waals surface area contributed by atoms with Gasteiger partial charge in [-0.1, -0.05) is 54.6 Å². The SMILES string of the molecule is O=C(NC1CC(=O)c2ccccc2C1)OCc1ccccc1. The molecule has 22 heavy (non-hydrogen) atoms. The van der Waals surface area contributed by atoms with Gasteiger partial charge < -0.3 is 10.1 Å². The second kappa shape index (κ2) is 6.43. The predicted octanol–water partition coefficient (Wildman–Crippen LogP) is 3.11. The van der Waals surface area contributed by atoms with Crippen molar-refractivity contribution in [1.82, 2.24) is 5.32 Å². The van der Waals surface area contributed by atoms with Crippen molar-refractivity contribution in [3.63, 3.8) is 0 Å². The summed E-state index contributed by atoms with van der Waals surface area (Å²) in [5, 5.41) is 2.78. The summed E-state index contributed by atoms with van der Waals surface area (Å²) in [6.07, 6.45) is 0.487. The number of ketones is 1. The molecule has 1 unspecified atom stereocenters. The lowest BCUT2D eigenvalue weighted by molar-refractivity contribution is 0.0951. The maximum absolute atomic E-state index is 12.1. The molecule has 1 atom stereocenters. The first-order chi connectivity index (χ1) is 10.7. The average Bonchev–Trinajstić information content (AvgIpc) is 2.54. The zero-order chi connectivity index (χ0) is 15.4. The molecule has 1 aliphatic carbocycles. The van der Waals surface area contributed by atoms with E-state index in [9.17, 15) is 9.59 Å². The topological polar surface area (TPSA) is 55.4 Å². The van der Waals surface area contributed by atoms with Crippen molar-refractivity contribution in [2.45, 2.75) is 25.5 Å². The number of rotatable bonds is 3. The Bertz CT molecular complexity index is 682. The van der Waals surface area contributed by atoms with Crippen LogP contribution in [-0.2, 0) is 17.8 Å². The summed E-state index contributed by atoms with van der Waals surface area (Å²) in [5.74, 6) is 0.0650. The van der Waals surface area contributed by atoms with Crippen LogP contribution in [0.25, 0.3) is 0 Å². The zero-order valence-corrected chi connectivity index (χ0v) is 12.1. The molecule has 2 aromatic carbocycles. The van der Waals surface area contributed by atoms with Gasteiger partial charge in [0.25, 0.3) is 0 Å². The van der Waals surface area contributed by atoms with E-state index < -0.39 is 6.09 Å². The Morgan fingerprint density at radius 1 is 1.05 bits per heavy atom. The largest absolute Gasteiger partial charge is 0.445 e. The highest BCUT2D eigenvalue weighted by Crippen LogP contribution is 2.21. The third kappa shape index (κ3) is 3.34. The normalized spacial score (nSPS) is 16.7. The molecular weight excluding hydrogens is 278 g/mol. The van der Waals surface area contributed by atoms with Crippen molar-refractivity contribution < 1.29 is 14.3 Å². The summed E-state index contributed by atoms with van der Waals surface area (Å²) in [6.45, 7) is 0.226. The lowest BCUT2D eigenvalue weighted by atomic mass is 9.87. The molecule has 0 bridgehead atoms. The number of carbonyl (C=O) groups is 2.